The van der Waals surface area contributed by atoms with E-state index in [1.165, 1.54) is 0 Å². The highest BCUT2D eigenvalue weighted by Crippen LogP contribution is 2.27. The molecule has 1 heterocycles. The lowest BCUT2D eigenvalue weighted by Gasteiger charge is -1.95. The Bertz CT molecular complexity index is 623. The summed E-state index contributed by atoms with van der Waals surface area (Å²) in [5.74, 6) is 0. The van der Waals surface area contributed by atoms with E-state index in [1.807, 2.05) is 24.3 Å². The zero-order valence-corrected chi connectivity index (χ0v) is 11.5. The van der Waals surface area contributed by atoms with Crippen molar-refractivity contribution in [3.05, 3.63) is 28.7 Å². The predicted molar refractivity (Wildman–Crippen MR) is 69.8 cm³/mol. The van der Waals surface area contributed by atoms with Gasteiger partial charge in [0.25, 0.3) is 10.2 Å². The molecule has 0 bridgehead atoms. The van der Waals surface area contributed by atoms with Crippen LogP contribution in [0, 0.1) is 0 Å². The first-order valence-electron chi connectivity index (χ1n) is 4.34. The number of anilines is 1. The number of rotatable bonds is 3. The van der Waals surface area contributed by atoms with E-state index in [-0.39, 0.29) is 5.13 Å². The van der Waals surface area contributed by atoms with E-state index in [9.17, 15) is 8.42 Å². The van der Waals surface area contributed by atoms with Gasteiger partial charge in [-0.25, -0.2) is 9.86 Å². The average Bonchev–Trinajstić information content (AvgIpc) is 2.64. The van der Waals surface area contributed by atoms with Gasteiger partial charge in [-0.1, -0.05) is 39.4 Å². The SMILES string of the molecule is NS(=O)(=O)Nc1nnc(-c2ccc(Br)cc2)s1. The Hall–Kier alpha value is -1.03. The fourth-order valence-electron chi connectivity index (χ4n) is 1.10. The molecular formula is C8H7BrN4O2S2. The molecule has 1 aromatic carbocycles. The fourth-order valence-corrected chi connectivity index (χ4v) is 2.76. The number of nitrogens with zero attached hydrogens (tertiary/aromatic N) is 2. The molecule has 2 aromatic rings. The molecule has 90 valence electrons. The van der Waals surface area contributed by atoms with Crippen LogP contribution in [0.25, 0.3) is 10.6 Å². The molecule has 0 spiro atoms. The molecule has 0 fully saturated rings. The highest BCUT2D eigenvalue weighted by molar-refractivity contribution is 9.10. The Morgan fingerprint density at radius 1 is 1.24 bits per heavy atom. The van der Waals surface area contributed by atoms with Gasteiger partial charge in [0.05, 0.1) is 0 Å². The van der Waals surface area contributed by atoms with Crippen LogP contribution in [0.1, 0.15) is 0 Å². The quantitative estimate of drug-likeness (QED) is 0.890. The maximum Gasteiger partial charge on any atom is 0.298 e. The van der Waals surface area contributed by atoms with Crippen molar-refractivity contribution in [3.8, 4) is 10.6 Å². The first-order chi connectivity index (χ1) is 7.94. The summed E-state index contributed by atoms with van der Waals surface area (Å²) in [6, 6.07) is 7.43. The second-order valence-corrected chi connectivity index (χ2v) is 6.25. The van der Waals surface area contributed by atoms with Crippen LogP contribution >= 0.6 is 27.3 Å². The van der Waals surface area contributed by atoms with Crippen molar-refractivity contribution >= 4 is 42.6 Å². The summed E-state index contributed by atoms with van der Waals surface area (Å²) in [4.78, 5) is 0. The lowest BCUT2D eigenvalue weighted by atomic mass is 10.2. The third kappa shape index (κ3) is 3.46. The third-order valence-corrected chi connectivity index (χ3v) is 3.77. The van der Waals surface area contributed by atoms with E-state index >= 15 is 0 Å². The van der Waals surface area contributed by atoms with Crippen LogP contribution in [-0.4, -0.2) is 18.6 Å². The number of halogens is 1. The van der Waals surface area contributed by atoms with E-state index in [1.54, 1.807) is 0 Å². The molecule has 0 aliphatic carbocycles. The summed E-state index contributed by atoms with van der Waals surface area (Å²) in [7, 11) is -3.80. The summed E-state index contributed by atoms with van der Waals surface area (Å²) >= 11 is 4.43. The molecular weight excluding hydrogens is 328 g/mol. The molecule has 1 aromatic heterocycles. The van der Waals surface area contributed by atoms with Gasteiger partial charge in [0.15, 0.2) is 0 Å². The van der Waals surface area contributed by atoms with Gasteiger partial charge in [-0.3, -0.25) is 0 Å². The van der Waals surface area contributed by atoms with Gasteiger partial charge >= 0.3 is 0 Å². The number of hydrogen-bond donors (Lipinski definition) is 2. The van der Waals surface area contributed by atoms with Crippen LogP contribution in [-0.2, 0) is 10.2 Å². The predicted octanol–water partition coefficient (Wildman–Crippen LogP) is 1.58. The smallest absolute Gasteiger partial charge is 0.245 e. The Kier molecular flexibility index (Phi) is 3.43. The number of benzene rings is 1. The minimum absolute atomic E-state index is 0.144. The van der Waals surface area contributed by atoms with Crippen LogP contribution in [0.15, 0.2) is 28.7 Å². The number of nitrogens with two attached hydrogens (primary N) is 1. The van der Waals surface area contributed by atoms with Crippen molar-refractivity contribution in [3.63, 3.8) is 0 Å². The number of nitrogens with one attached hydrogen (secondary N) is 1. The Morgan fingerprint density at radius 2 is 1.88 bits per heavy atom. The highest BCUT2D eigenvalue weighted by Gasteiger charge is 2.10. The topological polar surface area (TPSA) is 98.0 Å². The lowest BCUT2D eigenvalue weighted by Crippen LogP contribution is -2.21. The van der Waals surface area contributed by atoms with E-state index < -0.39 is 10.2 Å². The second-order valence-electron chi connectivity index (χ2n) is 3.07. The van der Waals surface area contributed by atoms with E-state index in [2.05, 4.69) is 30.8 Å². The standard InChI is InChI=1S/C8H7BrN4O2S2/c9-6-3-1-5(2-4-6)7-11-12-8(16-7)13-17(10,14)15/h1-4H,(H,12,13)(H2,10,14,15). The maximum absolute atomic E-state index is 10.8. The molecule has 0 amide bonds. The van der Waals surface area contributed by atoms with Crippen LogP contribution < -0.4 is 9.86 Å². The molecule has 0 saturated heterocycles. The van der Waals surface area contributed by atoms with E-state index in [0.29, 0.717) is 5.01 Å². The minimum Gasteiger partial charge on any atom is -0.245 e. The van der Waals surface area contributed by atoms with Crippen LogP contribution in [0.4, 0.5) is 5.13 Å². The summed E-state index contributed by atoms with van der Waals surface area (Å²) in [6.45, 7) is 0. The molecule has 0 atom stereocenters. The van der Waals surface area contributed by atoms with E-state index in [0.717, 1.165) is 21.4 Å². The molecule has 0 aliphatic rings. The van der Waals surface area contributed by atoms with Crippen molar-refractivity contribution in [1.82, 2.24) is 10.2 Å². The largest absolute Gasteiger partial charge is 0.298 e. The molecule has 0 saturated carbocycles. The van der Waals surface area contributed by atoms with Crippen molar-refractivity contribution in [1.29, 1.82) is 0 Å². The molecule has 3 N–H and O–H groups in total. The van der Waals surface area contributed by atoms with Crippen molar-refractivity contribution in [2.75, 3.05) is 4.72 Å². The van der Waals surface area contributed by atoms with Crippen LogP contribution in [0.5, 0.6) is 0 Å². The maximum atomic E-state index is 10.8. The highest BCUT2D eigenvalue weighted by atomic mass is 79.9. The van der Waals surface area contributed by atoms with Crippen LogP contribution in [0.2, 0.25) is 0 Å². The zero-order valence-electron chi connectivity index (χ0n) is 8.29. The summed E-state index contributed by atoms with van der Waals surface area (Å²) in [5.41, 5.74) is 0.855. The van der Waals surface area contributed by atoms with Gasteiger partial charge < -0.3 is 0 Å². The van der Waals surface area contributed by atoms with Gasteiger partial charge in [-0.2, -0.15) is 8.42 Å². The third-order valence-electron chi connectivity index (χ3n) is 1.75. The first kappa shape index (κ1) is 12.4. The molecule has 9 heteroatoms. The van der Waals surface area contributed by atoms with Gasteiger partial charge in [0.2, 0.25) is 5.13 Å². The van der Waals surface area contributed by atoms with Gasteiger partial charge in [0, 0.05) is 10.0 Å². The molecule has 2 rings (SSSR count). The summed E-state index contributed by atoms with van der Waals surface area (Å²) < 4.78 is 24.6. The van der Waals surface area contributed by atoms with E-state index in [4.69, 9.17) is 5.14 Å². The molecule has 17 heavy (non-hydrogen) atoms. The molecule has 0 radical (unpaired) electrons. The zero-order chi connectivity index (χ0) is 12.5. The van der Waals surface area contributed by atoms with Crippen molar-refractivity contribution in [2.24, 2.45) is 5.14 Å². The van der Waals surface area contributed by atoms with Crippen molar-refractivity contribution in [2.45, 2.75) is 0 Å². The number of hydrogen-bond acceptors (Lipinski definition) is 5. The Balaban J connectivity index is 2.27. The van der Waals surface area contributed by atoms with Crippen molar-refractivity contribution < 1.29 is 8.42 Å². The fraction of sp³-hybridized carbons (Fsp3) is 0. The second kappa shape index (κ2) is 4.69. The van der Waals surface area contributed by atoms with Gasteiger partial charge in [-0.15, -0.1) is 10.2 Å². The number of aromatic nitrogens is 2. The average molecular weight is 335 g/mol. The first-order valence-corrected chi connectivity index (χ1v) is 7.49. The molecule has 0 aliphatic heterocycles. The molecule has 6 nitrogen and oxygen atoms in total. The van der Waals surface area contributed by atoms with Crippen LogP contribution in [0.3, 0.4) is 0 Å². The lowest BCUT2D eigenvalue weighted by molar-refractivity contribution is 0.603. The van der Waals surface area contributed by atoms with Gasteiger partial charge in [-0.05, 0) is 12.1 Å². The van der Waals surface area contributed by atoms with Gasteiger partial charge in [0.1, 0.15) is 5.01 Å². The normalized spacial score (nSPS) is 11.4. The Labute approximate surface area is 110 Å². The Morgan fingerprint density at radius 3 is 2.47 bits per heavy atom. The minimum atomic E-state index is -3.80. The monoisotopic (exact) mass is 334 g/mol. The molecule has 0 unspecified atom stereocenters. The summed E-state index contributed by atoms with van der Waals surface area (Å²) in [6.07, 6.45) is 0. The summed E-state index contributed by atoms with van der Waals surface area (Å²) in [5, 5.41) is 13.1.